The van der Waals surface area contributed by atoms with Crippen molar-refractivity contribution in [3.8, 4) is 23.0 Å². The molecule has 0 fully saturated rings. The van der Waals surface area contributed by atoms with Crippen molar-refractivity contribution in [2.45, 2.75) is 6.92 Å². The number of fused-ring (bicyclic) bond motifs is 2. The van der Waals surface area contributed by atoms with Crippen molar-refractivity contribution >= 4 is 33.8 Å². The first-order valence-corrected chi connectivity index (χ1v) is 10.1. The van der Waals surface area contributed by atoms with Crippen LogP contribution in [0.25, 0.3) is 33.3 Å². The Balaban J connectivity index is 1.45. The van der Waals surface area contributed by atoms with Gasteiger partial charge in [-0.15, -0.1) is 0 Å². The number of ether oxygens (including phenoxy) is 1. The molecule has 1 N–H and O–H groups in total. The summed E-state index contributed by atoms with van der Waals surface area (Å²) < 4.78 is 11.4. The highest BCUT2D eigenvalue weighted by Crippen LogP contribution is 2.31. The number of para-hydroxylation sites is 1. The number of nitrogens with zero attached hydrogens (tertiary/aromatic N) is 2. The van der Waals surface area contributed by atoms with E-state index in [1.54, 1.807) is 18.3 Å². The fourth-order valence-electron chi connectivity index (χ4n) is 3.50. The normalized spacial score (nSPS) is 11.5. The number of benzene rings is 4. The quantitative estimate of drug-likeness (QED) is 0.337. The number of phenols is 1. The first kappa shape index (κ1) is 18.9. The van der Waals surface area contributed by atoms with E-state index in [2.05, 4.69) is 34.2 Å². The van der Waals surface area contributed by atoms with Gasteiger partial charge in [-0.3, -0.25) is 4.99 Å². The van der Waals surface area contributed by atoms with Crippen molar-refractivity contribution < 1.29 is 14.3 Å². The van der Waals surface area contributed by atoms with Gasteiger partial charge in [-0.1, -0.05) is 36.4 Å². The van der Waals surface area contributed by atoms with Gasteiger partial charge in [-0.2, -0.15) is 0 Å². The Kier molecular flexibility index (Phi) is 4.84. The van der Waals surface area contributed by atoms with Gasteiger partial charge < -0.3 is 14.3 Å². The van der Waals surface area contributed by atoms with Crippen LogP contribution in [0, 0.1) is 0 Å². The Labute approximate surface area is 179 Å². The van der Waals surface area contributed by atoms with Crippen molar-refractivity contribution in [1.29, 1.82) is 0 Å². The number of hydrogen-bond donors (Lipinski definition) is 1. The molecule has 31 heavy (non-hydrogen) atoms. The predicted octanol–water partition coefficient (Wildman–Crippen LogP) is 6.50. The number of aromatic hydroxyl groups is 1. The Bertz CT molecular complexity index is 1420. The second-order valence-electron chi connectivity index (χ2n) is 7.12. The Morgan fingerprint density at radius 1 is 0.968 bits per heavy atom. The molecule has 0 atom stereocenters. The molecule has 1 aromatic heterocycles. The molecule has 0 unspecified atom stereocenters. The smallest absolute Gasteiger partial charge is 0.227 e. The number of hydrogen-bond acceptors (Lipinski definition) is 5. The van der Waals surface area contributed by atoms with Gasteiger partial charge in [0, 0.05) is 17.3 Å². The summed E-state index contributed by atoms with van der Waals surface area (Å²) in [6, 6.07) is 25.3. The molecule has 0 aliphatic heterocycles. The van der Waals surface area contributed by atoms with E-state index in [0.29, 0.717) is 35.1 Å². The van der Waals surface area contributed by atoms with Crippen LogP contribution in [0.4, 0.5) is 5.69 Å². The molecule has 0 bridgehead atoms. The van der Waals surface area contributed by atoms with Crippen LogP contribution < -0.4 is 4.74 Å². The van der Waals surface area contributed by atoms with E-state index in [-0.39, 0.29) is 5.75 Å². The molecular formula is C26H20N2O3. The summed E-state index contributed by atoms with van der Waals surface area (Å²) in [4.78, 5) is 9.14. The summed E-state index contributed by atoms with van der Waals surface area (Å²) in [5, 5.41) is 12.6. The lowest BCUT2D eigenvalue weighted by molar-refractivity contribution is 0.318. The van der Waals surface area contributed by atoms with E-state index in [9.17, 15) is 5.11 Å². The Morgan fingerprint density at radius 2 is 1.84 bits per heavy atom. The maximum absolute atomic E-state index is 10.3. The molecule has 0 saturated heterocycles. The molecule has 0 aliphatic rings. The minimum absolute atomic E-state index is 0.0780. The van der Waals surface area contributed by atoms with Crippen LogP contribution in [0.5, 0.6) is 11.5 Å². The summed E-state index contributed by atoms with van der Waals surface area (Å²) >= 11 is 0. The van der Waals surface area contributed by atoms with Crippen molar-refractivity contribution in [2.75, 3.05) is 6.61 Å². The largest absolute Gasteiger partial charge is 0.504 e. The molecule has 1 heterocycles. The first-order valence-electron chi connectivity index (χ1n) is 10.1. The van der Waals surface area contributed by atoms with Gasteiger partial charge in [0.25, 0.3) is 0 Å². The molecule has 5 heteroatoms. The van der Waals surface area contributed by atoms with E-state index in [0.717, 1.165) is 16.5 Å². The van der Waals surface area contributed by atoms with Gasteiger partial charge in [0.05, 0.1) is 12.3 Å². The van der Waals surface area contributed by atoms with E-state index in [1.807, 2.05) is 49.4 Å². The van der Waals surface area contributed by atoms with E-state index in [1.165, 1.54) is 5.39 Å². The second-order valence-corrected chi connectivity index (χ2v) is 7.12. The summed E-state index contributed by atoms with van der Waals surface area (Å²) in [6.45, 7) is 2.36. The van der Waals surface area contributed by atoms with Crippen LogP contribution in [0.1, 0.15) is 12.5 Å². The molecule has 0 radical (unpaired) electrons. The molecule has 5 nitrogen and oxygen atoms in total. The molecule has 4 aromatic carbocycles. The highest BCUT2D eigenvalue weighted by atomic mass is 16.5. The number of rotatable bonds is 5. The zero-order valence-electron chi connectivity index (χ0n) is 16.9. The molecule has 152 valence electrons. The summed E-state index contributed by atoms with van der Waals surface area (Å²) in [5.74, 6) is 1.09. The Morgan fingerprint density at radius 3 is 2.71 bits per heavy atom. The molecule has 0 amide bonds. The predicted molar refractivity (Wildman–Crippen MR) is 123 cm³/mol. The zero-order chi connectivity index (χ0) is 21.2. The van der Waals surface area contributed by atoms with E-state index >= 15 is 0 Å². The molecule has 0 spiro atoms. The SMILES string of the molecule is CCOc1cccc(/C=N/c2ccc3oc(-c4ccc5ccccc5c4)nc3c2)c1O. The highest BCUT2D eigenvalue weighted by molar-refractivity contribution is 5.89. The van der Waals surface area contributed by atoms with Crippen molar-refractivity contribution in [3.05, 3.63) is 84.4 Å². The average molecular weight is 408 g/mol. The van der Waals surface area contributed by atoms with Crippen LogP contribution in [-0.4, -0.2) is 22.9 Å². The number of aliphatic imine (C=N–C) groups is 1. The van der Waals surface area contributed by atoms with Crippen LogP contribution in [0.3, 0.4) is 0 Å². The number of phenolic OH excluding ortho intramolecular Hbond substituents is 1. The average Bonchev–Trinajstić information content (AvgIpc) is 3.23. The first-order chi connectivity index (χ1) is 15.2. The van der Waals surface area contributed by atoms with Gasteiger partial charge in [-0.25, -0.2) is 4.98 Å². The van der Waals surface area contributed by atoms with Crippen LogP contribution in [-0.2, 0) is 0 Å². The lowest BCUT2D eigenvalue weighted by atomic mass is 10.1. The maximum atomic E-state index is 10.3. The van der Waals surface area contributed by atoms with Gasteiger partial charge in [-0.05, 0) is 60.2 Å². The van der Waals surface area contributed by atoms with Crippen LogP contribution in [0.15, 0.2) is 88.3 Å². The minimum Gasteiger partial charge on any atom is -0.504 e. The van der Waals surface area contributed by atoms with Crippen molar-refractivity contribution in [3.63, 3.8) is 0 Å². The summed E-state index contributed by atoms with van der Waals surface area (Å²) in [7, 11) is 0. The highest BCUT2D eigenvalue weighted by Gasteiger charge is 2.10. The fraction of sp³-hybridized carbons (Fsp3) is 0.0769. The lowest BCUT2D eigenvalue weighted by Crippen LogP contribution is -1.93. The fourth-order valence-corrected chi connectivity index (χ4v) is 3.50. The third kappa shape index (κ3) is 3.73. The van der Waals surface area contributed by atoms with Gasteiger partial charge in [0.15, 0.2) is 17.1 Å². The second kappa shape index (κ2) is 7.95. The number of aromatic nitrogens is 1. The van der Waals surface area contributed by atoms with Crippen LogP contribution >= 0.6 is 0 Å². The monoisotopic (exact) mass is 408 g/mol. The third-order valence-electron chi connectivity index (χ3n) is 5.05. The molecule has 5 rings (SSSR count). The van der Waals surface area contributed by atoms with E-state index in [4.69, 9.17) is 9.15 Å². The topological polar surface area (TPSA) is 67.9 Å². The number of oxazole rings is 1. The van der Waals surface area contributed by atoms with Gasteiger partial charge in [0.1, 0.15) is 5.52 Å². The minimum atomic E-state index is 0.0780. The molecule has 0 saturated carbocycles. The molecule has 5 aromatic rings. The van der Waals surface area contributed by atoms with Gasteiger partial charge >= 0.3 is 0 Å². The lowest BCUT2D eigenvalue weighted by Gasteiger charge is -2.07. The molecular weight excluding hydrogens is 388 g/mol. The van der Waals surface area contributed by atoms with Crippen LogP contribution in [0.2, 0.25) is 0 Å². The third-order valence-corrected chi connectivity index (χ3v) is 5.05. The summed E-state index contributed by atoms with van der Waals surface area (Å²) in [5.41, 5.74) is 3.65. The maximum Gasteiger partial charge on any atom is 0.227 e. The molecule has 0 aliphatic carbocycles. The zero-order valence-corrected chi connectivity index (χ0v) is 16.9. The Hall–Kier alpha value is -4.12. The van der Waals surface area contributed by atoms with Crippen molar-refractivity contribution in [2.24, 2.45) is 4.99 Å². The van der Waals surface area contributed by atoms with E-state index < -0.39 is 0 Å². The standard InChI is InChI=1S/C26H20N2O3/c1-2-30-24-9-5-8-20(25(24)29)16-27-21-12-13-23-22(15-21)28-26(31-23)19-11-10-17-6-3-4-7-18(17)14-19/h3-16,29H,2H2,1H3/b27-16+. The van der Waals surface area contributed by atoms with Gasteiger partial charge in [0.2, 0.25) is 5.89 Å². The van der Waals surface area contributed by atoms with Crippen molar-refractivity contribution in [1.82, 2.24) is 4.98 Å². The summed E-state index contributed by atoms with van der Waals surface area (Å²) in [6.07, 6.45) is 1.61.